The summed E-state index contributed by atoms with van der Waals surface area (Å²) in [6.07, 6.45) is 0. The van der Waals surface area contributed by atoms with Crippen LogP contribution in [0.15, 0.2) is 95.8 Å². The number of hydrogen-bond donors (Lipinski definition) is 6. The fraction of sp³-hybridized carbons (Fsp3) is 0.237. The fourth-order valence-corrected chi connectivity index (χ4v) is 7.76. The van der Waals surface area contributed by atoms with Crippen LogP contribution in [0.4, 0.5) is 28.4 Å². The first-order valence-corrected chi connectivity index (χ1v) is 22.4. The van der Waals surface area contributed by atoms with Crippen molar-refractivity contribution in [1.29, 1.82) is 0 Å². The van der Waals surface area contributed by atoms with Gasteiger partial charge in [0.05, 0.1) is 44.1 Å². The molecule has 0 saturated carbocycles. The molecule has 65 heavy (non-hydrogen) atoms. The van der Waals surface area contributed by atoms with E-state index in [-0.39, 0.29) is 56.7 Å². The van der Waals surface area contributed by atoms with Gasteiger partial charge in [-0.3, -0.25) is 37.6 Å². The number of benzene rings is 4. The number of methoxy groups -OCH3 is 3. The number of carbonyl (C=O) groups excluding carboxylic acids is 5. The second-order valence-electron chi connectivity index (χ2n) is 13.5. The molecule has 4 rings (SSSR count). The molecule has 4 aromatic rings. The van der Waals surface area contributed by atoms with Crippen LogP contribution in [-0.2, 0) is 49.5 Å². The van der Waals surface area contributed by atoms with E-state index in [0.717, 1.165) is 58.4 Å². The van der Waals surface area contributed by atoms with Gasteiger partial charge in [-0.25, -0.2) is 0 Å². The number of ether oxygens (including phenoxy) is 3. The van der Waals surface area contributed by atoms with Crippen molar-refractivity contribution in [3.05, 3.63) is 77.4 Å². The molecule has 0 radical (unpaired) electrons. The lowest BCUT2D eigenvalue weighted by Gasteiger charge is -2.15. The van der Waals surface area contributed by atoms with Gasteiger partial charge in [0.25, 0.3) is 48.1 Å². The zero-order valence-electron chi connectivity index (χ0n) is 35.0. The van der Waals surface area contributed by atoms with E-state index in [0.29, 0.717) is 0 Å². The van der Waals surface area contributed by atoms with Crippen LogP contribution in [0.1, 0.15) is 35.3 Å². The van der Waals surface area contributed by atoms with E-state index in [1.807, 2.05) is 0 Å². The van der Waals surface area contributed by atoms with E-state index in [1.165, 1.54) is 51.3 Å². The molecule has 346 valence electrons. The Labute approximate surface area is 370 Å². The number of ketones is 2. The molecule has 0 aliphatic heterocycles. The lowest BCUT2D eigenvalue weighted by molar-refractivity contribution is -0.127. The third kappa shape index (κ3) is 12.6. The van der Waals surface area contributed by atoms with Gasteiger partial charge in [0.15, 0.2) is 11.6 Å². The van der Waals surface area contributed by atoms with Crippen LogP contribution in [0.3, 0.4) is 0 Å². The van der Waals surface area contributed by atoms with Gasteiger partial charge in [-0.1, -0.05) is 0 Å². The standard InChI is InChI=1S/C38H39N7O17S3/c1-18-12-24(29(61-6)16-31(18)63(51,52)53)40-37(49)34(20(3)46)44-42-23-10-8-22(9-11-23)36(48)39-26-15-33(65(57,58)59)27(14-28(26)60-5)43-45-35(21(4)47)38(50)41-25-13-19(2)32(64(54,55)56)17-30(25)62-7/h8-17,34-35H,1-7H3,(H,39,48)(H,40,49)(H,41,50)(H,51,52,53)(H,54,55,56)(H,57,58,59). The van der Waals surface area contributed by atoms with Crippen molar-refractivity contribution >= 4 is 88.1 Å². The third-order valence-electron chi connectivity index (χ3n) is 8.84. The second kappa shape index (κ2) is 20.2. The molecule has 0 fully saturated rings. The smallest absolute Gasteiger partial charge is 0.296 e. The molecule has 6 N–H and O–H groups in total. The molecule has 0 aliphatic carbocycles. The predicted molar refractivity (Wildman–Crippen MR) is 228 cm³/mol. The highest BCUT2D eigenvalue weighted by Gasteiger charge is 2.29. The fourth-order valence-electron chi connectivity index (χ4n) is 5.69. The van der Waals surface area contributed by atoms with Crippen LogP contribution in [0, 0.1) is 13.8 Å². The highest BCUT2D eigenvalue weighted by atomic mass is 32.2. The maximum absolute atomic E-state index is 13.3. The monoisotopic (exact) mass is 961 g/mol. The first-order valence-electron chi connectivity index (χ1n) is 18.1. The number of azo groups is 2. The van der Waals surface area contributed by atoms with Gasteiger partial charge in [-0.2, -0.15) is 45.7 Å². The number of carbonyl (C=O) groups is 5. The average molecular weight is 962 g/mol. The topological polar surface area (TPSA) is 362 Å². The van der Waals surface area contributed by atoms with Crippen molar-refractivity contribution in [1.82, 2.24) is 0 Å². The summed E-state index contributed by atoms with van der Waals surface area (Å²) in [5.41, 5.74) is -1.04. The summed E-state index contributed by atoms with van der Waals surface area (Å²) in [7, 11) is -11.0. The zero-order chi connectivity index (χ0) is 48.8. The van der Waals surface area contributed by atoms with Crippen molar-refractivity contribution in [3.63, 3.8) is 0 Å². The Kier molecular flexibility index (Phi) is 15.7. The van der Waals surface area contributed by atoms with Crippen LogP contribution in [0.5, 0.6) is 17.2 Å². The van der Waals surface area contributed by atoms with Gasteiger partial charge in [-0.15, -0.1) is 0 Å². The first kappa shape index (κ1) is 50.6. The van der Waals surface area contributed by atoms with E-state index in [2.05, 4.69) is 36.4 Å². The van der Waals surface area contributed by atoms with Gasteiger partial charge >= 0.3 is 0 Å². The molecule has 0 heterocycles. The van der Waals surface area contributed by atoms with Crippen molar-refractivity contribution in [3.8, 4) is 17.2 Å². The maximum atomic E-state index is 13.3. The number of nitrogens with one attached hydrogen (secondary N) is 3. The number of nitrogens with zero attached hydrogens (tertiary/aromatic N) is 4. The second-order valence-corrected chi connectivity index (χ2v) is 17.7. The third-order valence-corrected chi connectivity index (χ3v) is 11.7. The molecule has 4 aromatic carbocycles. The molecule has 0 aliphatic rings. The van der Waals surface area contributed by atoms with Gasteiger partial charge in [0, 0.05) is 23.8 Å². The van der Waals surface area contributed by atoms with E-state index in [4.69, 9.17) is 14.2 Å². The van der Waals surface area contributed by atoms with Crippen molar-refractivity contribution in [2.75, 3.05) is 37.3 Å². The average Bonchev–Trinajstić information content (AvgIpc) is 3.20. The number of aryl methyl sites for hydroxylation is 2. The molecular weight excluding hydrogens is 923 g/mol. The molecule has 3 amide bonds. The zero-order valence-corrected chi connectivity index (χ0v) is 37.4. The van der Waals surface area contributed by atoms with E-state index in [1.54, 1.807) is 0 Å². The predicted octanol–water partition coefficient (Wildman–Crippen LogP) is 4.68. The normalized spacial score (nSPS) is 12.9. The number of amides is 3. The Morgan fingerprint density at radius 1 is 0.538 bits per heavy atom. The molecule has 0 saturated heterocycles. The van der Waals surface area contributed by atoms with Crippen molar-refractivity contribution < 1.29 is 77.1 Å². The van der Waals surface area contributed by atoms with Crippen LogP contribution in [-0.4, -0.2) is 102 Å². The lowest BCUT2D eigenvalue weighted by atomic mass is 10.1. The van der Waals surface area contributed by atoms with Crippen LogP contribution in [0.25, 0.3) is 0 Å². The summed E-state index contributed by atoms with van der Waals surface area (Å²) >= 11 is 0. The highest BCUT2D eigenvalue weighted by Crippen LogP contribution is 2.37. The minimum absolute atomic E-state index is 0.00383. The lowest BCUT2D eigenvalue weighted by Crippen LogP contribution is -2.32. The molecular formula is C38H39N7O17S3. The SMILES string of the molecule is COc1cc(N=NC(C(C)=O)C(=O)Nc2cc(C)c(S(=O)(=O)O)cc2OC)c(S(=O)(=O)O)cc1NC(=O)c1ccc(N=NC(C(C)=O)C(=O)Nc2cc(C)c(S(=O)(=O)O)cc2OC)cc1. The number of anilines is 3. The Balaban J connectivity index is 1.56. The number of hydrogen-bond acceptors (Lipinski definition) is 18. The Morgan fingerprint density at radius 3 is 1.31 bits per heavy atom. The Bertz CT molecular complexity index is 2990. The summed E-state index contributed by atoms with van der Waals surface area (Å²) in [5, 5.41) is 22.3. The number of rotatable bonds is 18. The maximum Gasteiger partial charge on any atom is 0.296 e. The molecule has 0 aromatic heterocycles. The summed E-state index contributed by atoms with van der Waals surface area (Å²) in [4.78, 5) is 62.5. The van der Waals surface area contributed by atoms with Crippen LogP contribution < -0.4 is 30.2 Å². The van der Waals surface area contributed by atoms with Gasteiger partial charge in [0.2, 0.25) is 12.1 Å². The molecule has 24 nitrogen and oxygen atoms in total. The van der Waals surface area contributed by atoms with Crippen LogP contribution >= 0.6 is 0 Å². The molecule has 0 spiro atoms. The van der Waals surface area contributed by atoms with Gasteiger partial charge < -0.3 is 30.2 Å². The quantitative estimate of drug-likeness (QED) is 0.0448. The van der Waals surface area contributed by atoms with Crippen molar-refractivity contribution in [2.24, 2.45) is 20.5 Å². The molecule has 2 unspecified atom stereocenters. The minimum atomic E-state index is -5.15. The van der Waals surface area contributed by atoms with E-state index in [9.17, 15) is 62.9 Å². The first-order chi connectivity index (χ1) is 30.2. The van der Waals surface area contributed by atoms with E-state index < -0.39 is 92.1 Å². The molecule has 27 heteroatoms. The summed E-state index contributed by atoms with van der Waals surface area (Å²) in [6.45, 7) is 4.70. The molecule has 2 atom stereocenters. The summed E-state index contributed by atoms with van der Waals surface area (Å²) in [6, 6.07) is 7.38. The summed E-state index contributed by atoms with van der Waals surface area (Å²) in [5.74, 6) is -5.17. The summed E-state index contributed by atoms with van der Waals surface area (Å²) < 4.78 is 116. The highest BCUT2D eigenvalue weighted by molar-refractivity contribution is 7.86. The van der Waals surface area contributed by atoms with Crippen molar-refractivity contribution in [2.45, 2.75) is 54.5 Å². The molecule has 0 bridgehead atoms. The Morgan fingerprint density at radius 2 is 0.923 bits per heavy atom. The number of Topliss-reactive ketones (excluding diaryl/α,β-unsaturated/α-hetero) is 2. The van der Waals surface area contributed by atoms with Crippen LogP contribution in [0.2, 0.25) is 0 Å². The van der Waals surface area contributed by atoms with Gasteiger partial charge in [0.1, 0.15) is 37.6 Å². The van der Waals surface area contributed by atoms with E-state index >= 15 is 0 Å². The minimum Gasteiger partial charge on any atom is -0.495 e. The van der Waals surface area contributed by atoms with Gasteiger partial charge in [-0.05, 0) is 81.3 Å². The largest absolute Gasteiger partial charge is 0.495 e. The Hall–Kier alpha value is -7.04.